The maximum absolute atomic E-state index is 12.9. The zero-order valence-corrected chi connectivity index (χ0v) is 12.7. The van der Waals surface area contributed by atoms with Crippen molar-refractivity contribution in [2.24, 2.45) is 0 Å². The highest BCUT2D eigenvalue weighted by molar-refractivity contribution is 5.95. The van der Waals surface area contributed by atoms with Crippen molar-refractivity contribution < 1.29 is 4.79 Å². The van der Waals surface area contributed by atoms with Gasteiger partial charge in [-0.1, -0.05) is 54.6 Å². The van der Waals surface area contributed by atoms with Crippen LogP contribution < -0.4 is 0 Å². The summed E-state index contributed by atoms with van der Waals surface area (Å²) in [6.07, 6.45) is 6.68. The second kappa shape index (κ2) is 7.08. The van der Waals surface area contributed by atoms with Crippen LogP contribution in [0.3, 0.4) is 0 Å². The Labute approximate surface area is 132 Å². The van der Waals surface area contributed by atoms with Crippen molar-refractivity contribution in [1.82, 2.24) is 4.90 Å². The molecule has 1 amide bonds. The number of amides is 1. The summed E-state index contributed by atoms with van der Waals surface area (Å²) in [6.45, 7) is 0.639. The third-order valence-corrected chi connectivity index (χ3v) is 4.06. The Morgan fingerprint density at radius 2 is 1.59 bits per heavy atom. The Kier molecular flexibility index (Phi) is 4.69. The second-order valence-corrected chi connectivity index (χ2v) is 5.68. The molecule has 2 aromatic rings. The minimum atomic E-state index is 0.0950. The van der Waals surface area contributed by atoms with Crippen molar-refractivity contribution >= 4 is 5.91 Å². The zero-order valence-electron chi connectivity index (χ0n) is 12.7. The van der Waals surface area contributed by atoms with Gasteiger partial charge in [0, 0.05) is 11.3 Å². The number of allylic oxidation sites excluding steroid dienone is 2. The number of benzene rings is 2. The van der Waals surface area contributed by atoms with Gasteiger partial charge in [-0.05, 0) is 43.4 Å². The molecule has 0 atom stereocenters. The van der Waals surface area contributed by atoms with Gasteiger partial charge in [-0.2, -0.15) is 0 Å². The predicted molar refractivity (Wildman–Crippen MR) is 89.3 cm³/mol. The molecule has 112 valence electrons. The smallest absolute Gasteiger partial charge is 0.258 e. The fourth-order valence-corrected chi connectivity index (χ4v) is 2.87. The summed E-state index contributed by atoms with van der Waals surface area (Å²) in [5, 5.41) is 0. The first-order valence-corrected chi connectivity index (χ1v) is 7.94. The largest absolute Gasteiger partial charge is 0.308 e. The molecule has 0 spiro atoms. The average Bonchev–Trinajstić information content (AvgIpc) is 2.61. The van der Waals surface area contributed by atoms with Crippen LogP contribution in [0, 0.1) is 0 Å². The molecule has 22 heavy (non-hydrogen) atoms. The molecule has 0 unspecified atom stereocenters. The van der Waals surface area contributed by atoms with Gasteiger partial charge in [-0.15, -0.1) is 0 Å². The summed E-state index contributed by atoms with van der Waals surface area (Å²) in [4.78, 5) is 14.9. The van der Waals surface area contributed by atoms with Crippen LogP contribution in [-0.2, 0) is 6.54 Å². The van der Waals surface area contributed by atoms with Gasteiger partial charge >= 0.3 is 0 Å². The maximum Gasteiger partial charge on any atom is 0.258 e. The van der Waals surface area contributed by atoms with Gasteiger partial charge in [0.05, 0.1) is 6.54 Å². The highest BCUT2D eigenvalue weighted by Crippen LogP contribution is 2.24. The van der Waals surface area contributed by atoms with E-state index in [0.29, 0.717) is 6.54 Å². The Morgan fingerprint density at radius 1 is 0.909 bits per heavy atom. The number of nitrogens with zero attached hydrogens (tertiary/aromatic N) is 1. The topological polar surface area (TPSA) is 20.3 Å². The number of rotatable bonds is 4. The van der Waals surface area contributed by atoms with Crippen LogP contribution in [0.25, 0.3) is 0 Å². The van der Waals surface area contributed by atoms with E-state index in [1.165, 1.54) is 24.1 Å². The third kappa shape index (κ3) is 3.45. The molecule has 1 aliphatic rings. The first-order valence-electron chi connectivity index (χ1n) is 7.94. The molecule has 0 bridgehead atoms. The summed E-state index contributed by atoms with van der Waals surface area (Å²) in [5.74, 6) is 0.0950. The molecule has 2 aromatic carbocycles. The molecular weight excluding hydrogens is 270 g/mol. The van der Waals surface area contributed by atoms with E-state index in [1.54, 1.807) is 0 Å². The summed E-state index contributed by atoms with van der Waals surface area (Å²) in [6, 6.07) is 19.8. The third-order valence-electron chi connectivity index (χ3n) is 4.06. The monoisotopic (exact) mass is 291 g/mol. The Balaban J connectivity index is 1.89. The first-order chi connectivity index (χ1) is 10.8. The number of carbonyl (C=O) groups excluding carboxylic acids is 1. The van der Waals surface area contributed by atoms with Gasteiger partial charge in [0.1, 0.15) is 0 Å². The van der Waals surface area contributed by atoms with Crippen molar-refractivity contribution in [3.8, 4) is 0 Å². The van der Waals surface area contributed by atoms with Crippen LogP contribution in [0.2, 0.25) is 0 Å². The molecule has 0 fully saturated rings. The van der Waals surface area contributed by atoms with E-state index in [4.69, 9.17) is 0 Å². The molecule has 0 saturated carbocycles. The normalized spacial score (nSPS) is 14.3. The van der Waals surface area contributed by atoms with E-state index in [2.05, 4.69) is 18.2 Å². The molecule has 3 rings (SSSR count). The quantitative estimate of drug-likeness (QED) is 0.793. The lowest BCUT2D eigenvalue weighted by atomic mass is 10.0. The van der Waals surface area contributed by atoms with Crippen molar-refractivity contribution in [3.63, 3.8) is 0 Å². The fourth-order valence-electron chi connectivity index (χ4n) is 2.87. The van der Waals surface area contributed by atoms with Gasteiger partial charge in [-0.25, -0.2) is 0 Å². The first kappa shape index (κ1) is 14.6. The standard InChI is InChI=1S/C20H21NO/c22-20(18-12-6-2-7-13-18)21(19-14-8-3-9-15-19)16-17-10-4-1-5-11-17/h1-2,4-7,10-14H,3,8-9,15-16H2. The predicted octanol–water partition coefficient (Wildman–Crippen LogP) is 4.79. The molecule has 0 aliphatic heterocycles. The summed E-state index contributed by atoms with van der Waals surface area (Å²) in [7, 11) is 0. The van der Waals surface area contributed by atoms with Crippen LogP contribution in [0.15, 0.2) is 72.4 Å². The van der Waals surface area contributed by atoms with E-state index in [9.17, 15) is 4.79 Å². The Bertz CT molecular complexity index is 646. The fraction of sp³-hybridized carbons (Fsp3) is 0.250. The van der Waals surface area contributed by atoms with Crippen LogP contribution in [0.4, 0.5) is 0 Å². The molecular formula is C20H21NO. The highest BCUT2D eigenvalue weighted by Gasteiger charge is 2.20. The van der Waals surface area contributed by atoms with Crippen molar-refractivity contribution in [3.05, 3.63) is 83.6 Å². The van der Waals surface area contributed by atoms with Crippen molar-refractivity contribution in [1.29, 1.82) is 0 Å². The molecule has 2 nitrogen and oxygen atoms in total. The average molecular weight is 291 g/mol. The molecule has 0 N–H and O–H groups in total. The van der Waals surface area contributed by atoms with Gasteiger partial charge < -0.3 is 4.90 Å². The van der Waals surface area contributed by atoms with Gasteiger partial charge in [0.25, 0.3) is 5.91 Å². The number of carbonyl (C=O) groups is 1. The number of hydrogen-bond acceptors (Lipinski definition) is 1. The van der Waals surface area contributed by atoms with E-state index in [0.717, 1.165) is 18.4 Å². The molecule has 1 aliphatic carbocycles. The van der Waals surface area contributed by atoms with Crippen molar-refractivity contribution in [2.45, 2.75) is 32.2 Å². The lowest BCUT2D eigenvalue weighted by molar-refractivity contribution is 0.0788. The Morgan fingerprint density at radius 3 is 2.23 bits per heavy atom. The lowest BCUT2D eigenvalue weighted by Crippen LogP contribution is -2.30. The van der Waals surface area contributed by atoms with Gasteiger partial charge in [0.2, 0.25) is 0 Å². The SMILES string of the molecule is O=C(c1ccccc1)N(Cc1ccccc1)C1=CCCCC1. The minimum absolute atomic E-state index is 0.0950. The van der Waals surface area contributed by atoms with Crippen LogP contribution in [0.5, 0.6) is 0 Å². The lowest BCUT2D eigenvalue weighted by Gasteiger charge is -2.28. The van der Waals surface area contributed by atoms with E-state index < -0.39 is 0 Å². The van der Waals surface area contributed by atoms with Crippen LogP contribution in [0.1, 0.15) is 41.6 Å². The minimum Gasteiger partial charge on any atom is -0.308 e. The van der Waals surface area contributed by atoms with E-state index >= 15 is 0 Å². The Hall–Kier alpha value is -2.35. The van der Waals surface area contributed by atoms with Gasteiger partial charge in [-0.3, -0.25) is 4.79 Å². The summed E-state index contributed by atoms with van der Waals surface area (Å²) < 4.78 is 0. The van der Waals surface area contributed by atoms with Gasteiger partial charge in [0.15, 0.2) is 0 Å². The maximum atomic E-state index is 12.9. The van der Waals surface area contributed by atoms with E-state index in [1.807, 2.05) is 53.4 Å². The zero-order chi connectivity index (χ0) is 15.2. The van der Waals surface area contributed by atoms with Crippen LogP contribution in [-0.4, -0.2) is 10.8 Å². The summed E-state index contributed by atoms with van der Waals surface area (Å²) in [5.41, 5.74) is 3.09. The molecule has 0 aromatic heterocycles. The molecule has 0 radical (unpaired) electrons. The molecule has 0 heterocycles. The van der Waals surface area contributed by atoms with Crippen LogP contribution >= 0.6 is 0 Å². The summed E-state index contributed by atoms with van der Waals surface area (Å²) >= 11 is 0. The number of hydrogen-bond donors (Lipinski definition) is 0. The van der Waals surface area contributed by atoms with E-state index in [-0.39, 0.29) is 5.91 Å². The second-order valence-electron chi connectivity index (χ2n) is 5.68. The molecule has 2 heteroatoms. The highest BCUT2D eigenvalue weighted by atomic mass is 16.2. The molecule has 0 saturated heterocycles. The van der Waals surface area contributed by atoms with Crippen molar-refractivity contribution in [2.75, 3.05) is 0 Å².